The Kier molecular flexibility index (Phi) is 7.32. The Morgan fingerprint density at radius 1 is 1.16 bits per heavy atom. The summed E-state index contributed by atoms with van der Waals surface area (Å²) in [5.74, 6) is -6.18. The largest absolute Gasteiger partial charge is 0.430 e. The maximum absolute atomic E-state index is 13.5. The molecule has 0 radical (unpaired) electrons. The van der Waals surface area contributed by atoms with Crippen molar-refractivity contribution in [1.82, 2.24) is 10.6 Å². The summed E-state index contributed by atoms with van der Waals surface area (Å²) in [5.41, 5.74) is -5.34. The van der Waals surface area contributed by atoms with Gasteiger partial charge in [0.2, 0.25) is 5.91 Å². The highest BCUT2D eigenvalue weighted by atomic mass is 19.4. The van der Waals surface area contributed by atoms with Gasteiger partial charge < -0.3 is 15.7 Å². The fraction of sp³-hybridized carbons (Fsp3) is 0.350. The molecule has 2 amide bonds. The van der Waals surface area contributed by atoms with Gasteiger partial charge in [0.1, 0.15) is 5.84 Å². The van der Waals surface area contributed by atoms with Crippen molar-refractivity contribution in [1.29, 1.82) is 0 Å². The molecule has 0 bridgehead atoms. The number of rotatable bonds is 4. The van der Waals surface area contributed by atoms with E-state index in [1.807, 2.05) is 19.2 Å². The molecular weight excluding hydrogens is 425 g/mol. The van der Waals surface area contributed by atoms with Crippen LogP contribution >= 0.6 is 0 Å². The maximum atomic E-state index is 13.5. The average Bonchev–Trinajstić information content (AvgIpc) is 2.74. The zero-order chi connectivity index (χ0) is 23.4. The van der Waals surface area contributed by atoms with Gasteiger partial charge in [0.05, 0.1) is 18.5 Å². The van der Waals surface area contributed by atoms with E-state index in [0.717, 1.165) is 0 Å². The zero-order valence-electron chi connectivity index (χ0n) is 16.5. The lowest BCUT2D eigenvalue weighted by molar-refractivity contribution is -0.256. The van der Waals surface area contributed by atoms with Crippen LogP contribution in [0.25, 0.3) is 0 Å². The van der Waals surface area contributed by atoms with E-state index in [2.05, 4.69) is 10.3 Å². The van der Waals surface area contributed by atoms with Crippen molar-refractivity contribution in [3.8, 4) is 0 Å². The van der Waals surface area contributed by atoms with Gasteiger partial charge in [0, 0.05) is 5.56 Å². The predicted molar refractivity (Wildman–Crippen MR) is 102 cm³/mol. The third-order valence-corrected chi connectivity index (χ3v) is 4.47. The lowest BCUT2D eigenvalue weighted by Crippen LogP contribution is -2.57. The first-order chi connectivity index (χ1) is 14.5. The number of hydrogen-bond acceptors (Lipinski definition) is 4. The first-order valence-corrected chi connectivity index (χ1v) is 9.29. The highest BCUT2D eigenvalue weighted by Gasteiger charge is 2.61. The number of benzene rings is 1. The van der Waals surface area contributed by atoms with Crippen molar-refractivity contribution in [2.75, 3.05) is 6.54 Å². The molecule has 1 aromatic carbocycles. The zero-order valence-corrected chi connectivity index (χ0v) is 16.5. The standard InChI is InChI=1S/C18H14F5N3O3.C2H6/c19-11-6-5-9(7-12(11)20)17(29,18(21,22)23)16(28)24-8-14-25-13-4-2-1-3-10(13)15(27)26-14;1-2/h1-7,10,13,29H,8H2,(H,24,28)(H,25,26,27);1-2H3. The molecule has 0 fully saturated rings. The number of carbonyl (C=O) groups is 2. The number of allylic oxidation sites excluding steroid dienone is 2. The summed E-state index contributed by atoms with van der Waals surface area (Å²) in [5, 5.41) is 14.3. The van der Waals surface area contributed by atoms with E-state index in [-0.39, 0.29) is 11.9 Å². The number of amides is 2. The molecule has 3 unspecified atom stereocenters. The summed E-state index contributed by atoms with van der Waals surface area (Å²) in [6.07, 6.45) is 0.961. The van der Waals surface area contributed by atoms with Crippen LogP contribution in [0.4, 0.5) is 22.0 Å². The average molecular weight is 445 g/mol. The molecule has 31 heavy (non-hydrogen) atoms. The molecule has 3 rings (SSSR count). The molecule has 3 atom stereocenters. The van der Waals surface area contributed by atoms with E-state index in [0.29, 0.717) is 12.1 Å². The minimum Gasteiger partial charge on any atom is -0.369 e. The molecule has 168 valence electrons. The van der Waals surface area contributed by atoms with Crippen LogP contribution in [0.1, 0.15) is 19.4 Å². The number of halogens is 5. The SMILES string of the molecule is CC.O=C1NC(CNC(=O)C(O)(c2ccc(F)c(F)c2)C(F)(F)F)=NC2C=CC=CC12. The smallest absolute Gasteiger partial charge is 0.369 e. The summed E-state index contributed by atoms with van der Waals surface area (Å²) in [4.78, 5) is 28.4. The number of alkyl halides is 3. The molecule has 11 heteroatoms. The number of fused-ring (bicyclic) bond motifs is 1. The Hall–Kier alpha value is -3.08. The van der Waals surface area contributed by atoms with Gasteiger partial charge in [-0.05, 0) is 12.1 Å². The van der Waals surface area contributed by atoms with Gasteiger partial charge in [-0.15, -0.1) is 0 Å². The second kappa shape index (κ2) is 9.38. The molecular formula is C20H20F5N3O3. The van der Waals surface area contributed by atoms with Crippen LogP contribution in [0, 0.1) is 17.6 Å². The van der Waals surface area contributed by atoms with Crippen LogP contribution in [-0.4, -0.2) is 41.5 Å². The van der Waals surface area contributed by atoms with Crippen molar-refractivity contribution in [2.24, 2.45) is 10.9 Å². The molecule has 0 saturated heterocycles. The van der Waals surface area contributed by atoms with Gasteiger partial charge in [0.15, 0.2) is 11.6 Å². The topological polar surface area (TPSA) is 90.8 Å². The Morgan fingerprint density at radius 2 is 1.81 bits per heavy atom. The van der Waals surface area contributed by atoms with Crippen molar-refractivity contribution < 1.29 is 36.6 Å². The molecule has 1 aliphatic heterocycles. The van der Waals surface area contributed by atoms with Gasteiger partial charge in [-0.3, -0.25) is 14.6 Å². The minimum atomic E-state index is -5.54. The van der Waals surface area contributed by atoms with Crippen molar-refractivity contribution >= 4 is 17.6 Å². The van der Waals surface area contributed by atoms with Crippen molar-refractivity contribution in [2.45, 2.75) is 31.7 Å². The maximum Gasteiger partial charge on any atom is 0.430 e. The monoisotopic (exact) mass is 445 g/mol. The lowest BCUT2D eigenvalue weighted by Gasteiger charge is -2.30. The lowest BCUT2D eigenvalue weighted by atomic mass is 9.91. The first kappa shape index (κ1) is 24.2. The minimum absolute atomic E-state index is 0.0893. The number of carbonyl (C=O) groups excluding carboxylic acids is 2. The number of amidine groups is 1. The van der Waals surface area contributed by atoms with E-state index >= 15 is 0 Å². The molecule has 1 aromatic rings. The van der Waals surface area contributed by atoms with E-state index in [1.54, 1.807) is 24.3 Å². The fourth-order valence-corrected chi connectivity index (χ4v) is 2.93. The summed E-state index contributed by atoms with van der Waals surface area (Å²) in [6.45, 7) is 3.37. The molecule has 3 N–H and O–H groups in total. The van der Waals surface area contributed by atoms with Gasteiger partial charge >= 0.3 is 6.18 Å². The first-order valence-electron chi connectivity index (χ1n) is 9.29. The summed E-state index contributed by atoms with van der Waals surface area (Å²) in [7, 11) is 0. The van der Waals surface area contributed by atoms with Crippen molar-refractivity contribution in [3.63, 3.8) is 0 Å². The van der Waals surface area contributed by atoms with Crippen LogP contribution in [0.5, 0.6) is 0 Å². The molecule has 1 aliphatic carbocycles. The number of nitrogens with zero attached hydrogens (tertiary/aromatic N) is 1. The third-order valence-electron chi connectivity index (χ3n) is 4.47. The van der Waals surface area contributed by atoms with Gasteiger partial charge in [-0.2, -0.15) is 13.2 Å². The van der Waals surface area contributed by atoms with Gasteiger partial charge in [-0.1, -0.05) is 44.2 Å². The normalized spacial score (nSPS) is 21.7. The highest BCUT2D eigenvalue weighted by Crippen LogP contribution is 2.39. The van der Waals surface area contributed by atoms with Crippen LogP contribution in [0.15, 0.2) is 47.5 Å². The predicted octanol–water partition coefficient (Wildman–Crippen LogP) is 2.50. The van der Waals surface area contributed by atoms with E-state index in [9.17, 15) is 36.6 Å². The molecule has 1 heterocycles. The molecule has 2 aliphatic rings. The Balaban J connectivity index is 0.00000166. The number of aliphatic hydroxyl groups is 1. The second-order valence-electron chi connectivity index (χ2n) is 6.37. The Labute approximate surface area is 174 Å². The van der Waals surface area contributed by atoms with E-state index < -0.39 is 59.3 Å². The fourth-order valence-electron chi connectivity index (χ4n) is 2.93. The Morgan fingerprint density at radius 3 is 2.42 bits per heavy atom. The van der Waals surface area contributed by atoms with Crippen LogP contribution in [-0.2, 0) is 15.2 Å². The summed E-state index contributed by atoms with van der Waals surface area (Å²) < 4.78 is 66.9. The number of nitrogens with one attached hydrogen (secondary N) is 2. The number of aliphatic imine (C=N–C) groups is 1. The van der Waals surface area contributed by atoms with Gasteiger partial charge in [-0.25, -0.2) is 8.78 Å². The van der Waals surface area contributed by atoms with Crippen LogP contribution in [0.3, 0.4) is 0 Å². The molecule has 6 nitrogen and oxygen atoms in total. The Bertz CT molecular complexity index is 942. The van der Waals surface area contributed by atoms with Crippen LogP contribution in [0.2, 0.25) is 0 Å². The van der Waals surface area contributed by atoms with E-state index in [1.165, 1.54) is 0 Å². The molecule has 0 spiro atoms. The third kappa shape index (κ3) is 4.82. The number of hydrogen-bond donors (Lipinski definition) is 3. The second-order valence-corrected chi connectivity index (χ2v) is 6.37. The van der Waals surface area contributed by atoms with Crippen molar-refractivity contribution in [3.05, 3.63) is 59.7 Å². The van der Waals surface area contributed by atoms with Crippen LogP contribution < -0.4 is 10.6 Å². The molecule has 0 aromatic heterocycles. The van der Waals surface area contributed by atoms with E-state index in [4.69, 9.17) is 0 Å². The summed E-state index contributed by atoms with van der Waals surface area (Å²) in [6, 6.07) is 0.332. The summed E-state index contributed by atoms with van der Waals surface area (Å²) >= 11 is 0. The quantitative estimate of drug-likeness (QED) is 0.622. The highest BCUT2D eigenvalue weighted by molar-refractivity contribution is 6.04. The molecule has 0 saturated carbocycles. The van der Waals surface area contributed by atoms with Gasteiger partial charge in [0.25, 0.3) is 11.5 Å².